The summed E-state index contributed by atoms with van der Waals surface area (Å²) in [6.07, 6.45) is 3.66. The molecular formula is C11H26N2O3Si. The van der Waals surface area contributed by atoms with Gasteiger partial charge in [0.15, 0.2) is 5.35 Å². The minimum absolute atomic E-state index is 0.522. The molecule has 0 amide bonds. The van der Waals surface area contributed by atoms with Gasteiger partial charge in [-0.1, -0.05) is 13.3 Å². The monoisotopic (exact) mass is 262 g/mol. The van der Waals surface area contributed by atoms with Crippen LogP contribution in [-0.2, 0) is 13.9 Å². The number of hydrogen-bond donors (Lipinski definition) is 2. The third-order valence-electron chi connectivity index (χ3n) is 4.17. The minimum atomic E-state index is -2.63. The lowest BCUT2D eigenvalue weighted by Gasteiger charge is -2.55. The Morgan fingerprint density at radius 3 is 2.29 bits per heavy atom. The molecular weight excluding hydrogens is 236 g/mol. The van der Waals surface area contributed by atoms with Gasteiger partial charge in [-0.2, -0.15) is 0 Å². The van der Waals surface area contributed by atoms with Gasteiger partial charge < -0.3 is 25.0 Å². The molecule has 17 heavy (non-hydrogen) atoms. The quantitative estimate of drug-likeness (QED) is 0.567. The lowest BCUT2D eigenvalue weighted by Crippen LogP contribution is -2.83. The van der Waals surface area contributed by atoms with Crippen molar-refractivity contribution in [1.29, 1.82) is 0 Å². The zero-order chi connectivity index (χ0) is 13.2. The van der Waals surface area contributed by atoms with E-state index >= 15 is 0 Å². The van der Waals surface area contributed by atoms with E-state index in [0.29, 0.717) is 0 Å². The first kappa shape index (κ1) is 15.1. The standard InChI is InChI=1S/C11H26N2O3Si/c1-5-7-10(14-2)8-6-9-17(13,16-4)11(10,12)15-3/h5-9,12-13H2,1-4H3. The topological polar surface area (TPSA) is 79.7 Å². The molecule has 1 rings (SSSR count). The van der Waals surface area contributed by atoms with Crippen molar-refractivity contribution in [2.45, 2.75) is 49.6 Å². The first-order valence-electron chi connectivity index (χ1n) is 6.18. The molecule has 4 N–H and O–H groups in total. The van der Waals surface area contributed by atoms with Crippen LogP contribution in [0.5, 0.6) is 0 Å². The summed E-state index contributed by atoms with van der Waals surface area (Å²) in [5, 5.41) is 5.43. The molecule has 102 valence electrons. The maximum atomic E-state index is 6.49. The van der Waals surface area contributed by atoms with Crippen molar-refractivity contribution in [3.05, 3.63) is 0 Å². The molecule has 0 spiro atoms. The molecule has 1 aliphatic rings. The normalized spacial score (nSPS) is 42.7. The Morgan fingerprint density at radius 1 is 1.24 bits per heavy atom. The second-order valence-corrected chi connectivity index (χ2v) is 8.27. The van der Waals surface area contributed by atoms with Crippen LogP contribution < -0.4 is 11.1 Å². The first-order valence-corrected chi connectivity index (χ1v) is 8.37. The molecule has 1 saturated heterocycles. The van der Waals surface area contributed by atoms with E-state index in [9.17, 15) is 0 Å². The average molecular weight is 262 g/mol. The van der Waals surface area contributed by atoms with E-state index in [1.165, 1.54) is 0 Å². The second kappa shape index (κ2) is 5.34. The summed E-state index contributed by atoms with van der Waals surface area (Å²) in [7, 11) is 2.29. The number of nitrogens with two attached hydrogens (primary N) is 2. The summed E-state index contributed by atoms with van der Waals surface area (Å²) < 4.78 is 16.9. The van der Waals surface area contributed by atoms with Crippen LogP contribution in [0.1, 0.15) is 32.6 Å². The molecule has 0 bridgehead atoms. The highest BCUT2D eigenvalue weighted by molar-refractivity contribution is 6.74. The molecule has 3 unspecified atom stereocenters. The lowest BCUT2D eigenvalue weighted by atomic mass is 9.89. The summed E-state index contributed by atoms with van der Waals surface area (Å²) in [6, 6.07) is 0.808. The van der Waals surface area contributed by atoms with E-state index in [1.807, 2.05) is 0 Å². The smallest absolute Gasteiger partial charge is 0.317 e. The fraction of sp³-hybridized carbons (Fsp3) is 1.00. The van der Waals surface area contributed by atoms with Gasteiger partial charge in [0.1, 0.15) is 5.60 Å². The highest BCUT2D eigenvalue weighted by Crippen LogP contribution is 2.44. The molecule has 1 aliphatic heterocycles. The molecule has 1 heterocycles. The number of methoxy groups -OCH3 is 2. The molecule has 0 radical (unpaired) electrons. The predicted molar refractivity (Wildman–Crippen MR) is 69.6 cm³/mol. The highest BCUT2D eigenvalue weighted by atomic mass is 28.4. The van der Waals surface area contributed by atoms with Crippen molar-refractivity contribution in [1.82, 2.24) is 0 Å². The van der Waals surface area contributed by atoms with Crippen LogP contribution in [0.25, 0.3) is 0 Å². The van der Waals surface area contributed by atoms with Crippen LogP contribution >= 0.6 is 0 Å². The Morgan fingerprint density at radius 2 is 1.88 bits per heavy atom. The lowest BCUT2D eigenvalue weighted by molar-refractivity contribution is -0.167. The third-order valence-corrected chi connectivity index (χ3v) is 7.91. The Labute approximate surface area is 105 Å². The van der Waals surface area contributed by atoms with Gasteiger partial charge in [-0.3, -0.25) is 0 Å². The Kier molecular flexibility index (Phi) is 4.73. The van der Waals surface area contributed by atoms with Crippen molar-refractivity contribution in [3.8, 4) is 0 Å². The van der Waals surface area contributed by atoms with Gasteiger partial charge in [0.05, 0.1) is 0 Å². The van der Waals surface area contributed by atoms with Crippen LogP contribution in [0.4, 0.5) is 0 Å². The summed E-state index contributed by atoms with van der Waals surface area (Å²) in [5.74, 6) is 0. The number of hydrogen-bond acceptors (Lipinski definition) is 5. The average Bonchev–Trinajstić information content (AvgIpc) is 2.35. The molecule has 0 aromatic heterocycles. The van der Waals surface area contributed by atoms with Crippen LogP contribution in [0, 0.1) is 0 Å². The summed E-state index contributed by atoms with van der Waals surface area (Å²) in [4.78, 5) is 0. The van der Waals surface area contributed by atoms with Crippen LogP contribution in [0.2, 0.25) is 6.04 Å². The number of rotatable bonds is 5. The van der Waals surface area contributed by atoms with Gasteiger partial charge in [-0.05, 0) is 25.3 Å². The van der Waals surface area contributed by atoms with Crippen LogP contribution in [-0.4, -0.2) is 40.8 Å². The fourth-order valence-electron chi connectivity index (χ4n) is 3.08. The zero-order valence-electron chi connectivity index (χ0n) is 11.4. The van der Waals surface area contributed by atoms with E-state index in [4.69, 9.17) is 25.0 Å². The Balaban J connectivity index is 3.19. The summed E-state index contributed by atoms with van der Waals surface area (Å²) >= 11 is 0. The van der Waals surface area contributed by atoms with Crippen LogP contribution in [0.3, 0.4) is 0 Å². The van der Waals surface area contributed by atoms with Gasteiger partial charge in [0.2, 0.25) is 0 Å². The van der Waals surface area contributed by atoms with Gasteiger partial charge >= 0.3 is 8.48 Å². The molecule has 5 nitrogen and oxygen atoms in total. The number of ether oxygens (including phenoxy) is 2. The predicted octanol–water partition coefficient (Wildman–Crippen LogP) is 0.853. The molecule has 0 aromatic carbocycles. The molecule has 0 aliphatic carbocycles. The largest absolute Gasteiger partial charge is 0.404 e. The van der Waals surface area contributed by atoms with E-state index in [-0.39, 0.29) is 0 Å². The molecule has 0 aromatic rings. The molecule has 1 fully saturated rings. The van der Waals surface area contributed by atoms with Gasteiger partial charge in [-0.25, -0.2) is 0 Å². The van der Waals surface area contributed by atoms with Crippen molar-refractivity contribution in [2.75, 3.05) is 21.3 Å². The fourth-order valence-corrected chi connectivity index (χ4v) is 6.13. The molecule has 3 atom stereocenters. The van der Waals surface area contributed by atoms with E-state index in [2.05, 4.69) is 6.92 Å². The molecule has 6 heteroatoms. The molecule has 0 saturated carbocycles. The zero-order valence-corrected chi connectivity index (χ0v) is 12.4. The first-order chi connectivity index (χ1) is 7.95. The van der Waals surface area contributed by atoms with Gasteiger partial charge in [-0.15, -0.1) is 0 Å². The minimum Gasteiger partial charge on any atom is -0.404 e. The Hall–Kier alpha value is 0.0169. The van der Waals surface area contributed by atoms with E-state index < -0.39 is 19.4 Å². The van der Waals surface area contributed by atoms with E-state index in [1.54, 1.807) is 21.3 Å². The van der Waals surface area contributed by atoms with Gasteiger partial charge in [0, 0.05) is 21.3 Å². The second-order valence-electron chi connectivity index (χ2n) is 4.84. The Bertz CT molecular complexity index is 265. The van der Waals surface area contributed by atoms with Crippen molar-refractivity contribution in [2.24, 2.45) is 11.1 Å². The maximum absolute atomic E-state index is 6.49. The third kappa shape index (κ3) is 2.07. The maximum Gasteiger partial charge on any atom is 0.317 e. The van der Waals surface area contributed by atoms with Crippen LogP contribution in [0.15, 0.2) is 0 Å². The van der Waals surface area contributed by atoms with Gasteiger partial charge in [0.25, 0.3) is 0 Å². The van der Waals surface area contributed by atoms with Crippen molar-refractivity contribution in [3.63, 3.8) is 0 Å². The SMILES string of the molecule is CCCC1(OC)CCC[Si](N)(OC)C1(N)OC. The summed E-state index contributed by atoms with van der Waals surface area (Å²) in [5.41, 5.74) is 5.97. The highest BCUT2D eigenvalue weighted by Gasteiger charge is 2.65. The van der Waals surface area contributed by atoms with E-state index in [0.717, 1.165) is 31.7 Å². The summed E-state index contributed by atoms with van der Waals surface area (Å²) in [6.45, 7) is 2.11. The van der Waals surface area contributed by atoms with Crippen molar-refractivity contribution >= 4 is 8.48 Å². The van der Waals surface area contributed by atoms with Crippen molar-refractivity contribution < 1.29 is 13.9 Å².